The first-order chi connectivity index (χ1) is 9.47. The average molecular weight is 311 g/mol. The Morgan fingerprint density at radius 1 is 1.20 bits per heavy atom. The van der Waals surface area contributed by atoms with E-state index in [9.17, 15) is 9.90 Å². The predicted octanol–water partition coefficient (Wildman–Crippen LogP) is 3.72. The molecule has 0 radical (unpaired) electrons. The molecule has 104 valence electrons. The largest absolute Gasteiger partial charge is 0.478 e. The minimum atomic E-state index is -1.04. The molecule has 1 aromatic carbocycles. The molecule has 0 amide bonds. The molecule has 2 rings (SSSR count). The number of pyridine rings is 1. The number of halogens is 2. The Balaban J connectivity index is 2.28. The first-order valence-corrected chi connectivity index (χ1v) is 6.58. The lowest BCUT2D eigenvalue weighted by Gasteiger charge is -2.20. The Hall–Kier alpha value is -1.78. The molecular weight excluding hydrogens is 299 g/mol. The molecule has 0 aliphatic heterocycles. The van der Waals surface area contributed by atoms with Gasteiger partial charge in [0.1, 0.15) is 16.5 Å². The Kier molecular flexibility index (Phi) is 4.47. The summed E-state index contributed by atoms with van der Waals surface area (Å²) in [5, 5.41) is 10.1. The van der Waals surface area contributed by atoms with Gasteiger partial charge in [-0.05, 0) is 29.8 Å². The van der Waals surface area contributed by atoms with Crippen molar-refractivity contribution in [3.05, 3.63) is 57.7 Å². The maximum atomic E-state index is 11.2. The van der Waals surface area contributed by atoms with Crippen molar-refractivity contribution in [1.29, 1.82) is 0 Å². The van der Waals surface area contributed by atoms with Crippen molar-refractivity contribution < 1.29 is 9.90 Å². The van der Waals surface area contributed by atoms with Crippen LogP contribution in [0.5, 0.6) is 0 Å². The van der Waals surface area contributed by atoms with Crippen LogP contribution >= 0.6 is 23.2 Å². The summed E-state index contributed by atoms with van der Waals surface area (Å²) in [7, 11) is 1.76. The van der Waals surface area contributed by atoms with Crippen molar-refractivity contribution in [3.8, 4) is 0 Å². The number of nitrogens with zero attached hydrogens (tertiary/aromatic N) is 2. The van der Waals surface area contributed by atoms with Gasteiger partial charge in [0.05, 0.1) is 0 Å². The van der Waals surface area contributed by atoms with Crippen molar-refractivity contribution in [3.63, 3.8) is 0 Å². The van der Waals surface area contributed by atoms with Gasteiger partial charge < -0.3 is 10.0 Å². The van der Waals surface area contributed by atoms with Crippen LogP contribution in [0.1, 0.15) is 15.9 Å². The monoisotopic (exact) mass is 310 g/mol. The molecule has 0 aliphatic rings. The molecule has 0 unspecified atom stereocenters. The Morgan fingerprint density at radius 3 is 2.45 bits per heavy atom. The third kappa shape index (κ3) is 3.40. The standard InChI is InChI=1S/C14H12Cl2N2O2/c1-18(8-9-2-4-10(15)5-3-9)13-11(14(19)20)6-7-12(16)17-13/h2-7H,8H2,1H3,(H,19,20). The Morgan fingerprint density at radius 2 is 1.85 bits per heavy atom. The third-order valence-corrected chi connectivity index (χ3v) is 3.23. The second-order valence-electron chi connectivity index (χ2n) is 4.29. The number of aromatic nitrogens is 1. The van der Waals surface area contributed by atoms with Gasteiger partial charge in [-0.3, -0.25) is 0 Å². The van der Waals surface area contributed by atoms with Gasteiger partial charge >= 0.3 is 5.97 Å². The molecule has 1 N–H and O–H groups in total. The van der Waals surface area contributed by atoms with E-state index in [0.29, 0.717) is 17.4 Å². The number of hydrogen-bond acceptors (Lipinski definition) is 3. The van der Waals surface area contributed by atoms with E-state index in [4.69, 9.17) is 23.2 Å². The van der Waals surface area contributed by atoms with Gasteiger partial charge in [-0.1, -0.05) is 35.3 Å². The van der Waals surface area contributed by atoms with Crippen molar-refractivity contribution in [2.24, 2.45) is 0 Å². The van der Waals surface area contributed by atoms with Crippen molar-refractivity contribution >= 4 is 35.0 Å². The maximum Gasteiger partial charge on any atom is 0.339 e. The van der Waals surface area contributed by atoms with Gasteiger partial charge in [-0.2, -0.15) is 0 Å². The number of anilines is 1. The molecule has 0 spiro atoms. The third-order valence-electron chi connectivity index (χ3n) is 2.77. The number of carboxylic acids is 1. The van der Waals surface area contributed by atoms with E-state index >= 15 is 0 Å². The topological polar surface area (TPSA) is 53.4 Å². The van der Waals surface area contributed by atoms with Gasteiger partial charge in [0.2, 0.25) is 0 Å². The minimum absolute atomic E-state index is 0.117. The van der Waals surface area contributed by atoms with Crippen molar-refractivity contribution in [1.82, 2.24) is 4.98 Å². The second-order valence-corrected chi connectivity index (χ2v) is 5.12. The zero-order chi connectivity index (χ0) is 14.7. The summed E-state index contributed by atoms with van der Waals surface area (Å²) in [6.07, 6.45) is 0. The molecule has 0 fully saturated rings. The zero-order valence-corrected chi connectivity index (χ0v) is 12.2. The molecule has 1 aromatic heterocycles. The first-order valence-electron chi connectivity index (χ1n) is 5.83. The van der Waals surface area contributed by atoms with Gasteiger partial charge in [0, 0.05) is 18.6 Å². The molecule has 1 heterocycles. The highest BCUT2D eigenvalue weighted by atomic mass is 35.5. The highest BCUT2D eigenvalue weighted by Gasteiger charge is 2.16. The summed E-state index contributed by atoms with van der Waals surface area (Å²) >= 11 is 11.7. The van der Waals surface area contributed by atoms with E-state index in [1.165, 1.54) is 12.1 Å². The lowest BCUT2D eigenvalue weighted by Crippen LogP contribution is -2.20. The van der Waals surface area contributed by atoms with Gasteiger partial charge in [0.15, 0.2) is 0 Å². The molecule has 2 aromatic rings. The fourth-order valence-electron chi connectivity index (χ4n) is 1.82. The van der Waals surface area contributed by atoms with E-state index in [-0.39, 0.29) is 10.7 Å². The minimum Gasteiger partial charge on any atom is -0.478 e. The summed E-state index contributed by atoms with van der Waals surface area (Å²) < 4.78 is 0. The van der Waals surface area contributed by atoms with Crippen LogP contribution in [0.4, 0.5) is 5.82 Å². The lowest BCUT2D eigenvalue weighted by molar-refractivity contribution is 0.0697. The van der Waals surface area contributed by atoms with E-state index < -0.39 is 5.97 Å². The van der Waals surface area contributed by atoms with Crippen molar-refractivity contribution in [2.45, 2.75) is 6.54 Å². The van der Waals surface area contributed by atoms with Crippen molar-refractivity contribution in [2.75, 3.05) is 11.9 Å². The molecule has 20 heavy (non-hydrogen) atoms. The van der Waals surface area contributed by atoms with Gasteiger partial charge in [0.25, 0.3) is 0 Å². The predicted molar refractivity (Wildman–Crippen MR) is 79.8 cm³/mol. The van der Waals surface area contributed by atoms with E-state index in [2.05, 4.69) is 4.98 Å². The number of hydrogen-bond donors (Lipinski definition) is 1. The number of aromatic carboxylic acids is 1. The van der Waals surface area contributed by atoms with Crippen LogP contribution in [0, 0.1) is 0 Å². The van der Waals surface area contributed by atoms with Gasteiger partial charge in [-0.15, -0.1) is 0 Å². The van der Waals surface area contributed by atoms with Crippen LogP contribution in [0.2, 0.25) is 10.2 Å². The van der Waals surface area contributed by atoms with Crippen LogP contribution in [0.25, 0.3) is 0 Å². The SMILES string of the molecule is CN(Cc1ccc(Cl)cc1)c1nc(Cl)ccc1C(=O)O. The summed E-state index contributed by atoms with van der Waals surface area (Å²) in [6.45, 7) is 0.505. The molecular formula is C14H12Cl2N2O2. The smallest absolute Gasteiger partial charge is 0.339 e. The highest BCUT2D eigenvalue weighted by molar-refractivity contribution is 6.30. The number of carbonyl (C=O) groups is 1. The molecule has 6 heteroatoms. The number of carboxylic acid groups (broad SMARTS) is 1. The highest BCUT2D eigenvalue weighted by Crippen LogP contribution is 2.22. The maximum absolute atomic E-state index is 11.2. The van der Waals surface area contributed by atoms with Crippen LogP contribution in [-0.2, 0) is 6.54 Å². The number of benzene rings is 1. The van der Waals surface area contributed by atoms with E-state index in [0.717, 1.165) is 5.56 Å². The number of rotatable bonds is 4. The molecule has 0 saturated carbocycles. The van der Waals surface area contributed by atoms with Crippen LogP contribution < -0.4 is 4.90 Å². The fourth-order valence-corrected chi connectivity index (χ4v) is 2.09. The Labute approximate surface area is 126 Å². The Bertz CT molecular complexity index is 630. The van der Waals surface area contributed by atoms with Crippen LogP contribution in [-0.4, -0.2) is 23.1 Å². The lowest BCUT2D eigenvalue weighted by atomic mass is 10.2. The first kappa shape index (κ1) is 14.6. The fraction of sp³-hybridized carbons (Fsp3) is 0.143. The molecule has 0 atom stereocenters. The summed E-state index contributed by atoms with van der Waals surface area (Å²) in [5.41, 5.74) is 1.11. The molecule has 4 nitrogen and oxygen atoms in total. The quantitative estimate of drug-likeness (QED) is 0.874. The normalized spacial score (nSPS) is 10.3. The van der Waals surface area contributed by atoms with E-state index in [1.54, 1.807) is 24.1 Å². The van der Waals surface area contributed by atoms with E-state index in [1.807, 2.05) is 12.1 Å². The van der Waals surface area contributed by atoms with Crippen LogP contribution in [0.3, 0.4) is 0 Å². The second kappa shape index (κ2) is 6.11. The van der Waals surface area contributed by atoms with Gasteiger partial charge in [-0.25, -0.2) is 9.78 Å². The summed E-state index contributed by atoms with van der Waals surface area (Å²) in [4.78, 5) is 17.0. The summed E-state index contributed by atoms with van der Waals surface area (Å²) in [6, 6.07) is 10.2. The zero-order valence-electron chi connectivity index (χ0n) is 10.7. The molecule has 0 bridgehead atoms. The van der Waals surface area contributed by atoms with Crippen LogP contribution in [0.15, 0.2) is 36.4 Å². The average Bonchev–Trinajstić information content (AvgIpc) is 2.41. The molecule has 0 saturated heterocycles. The molecule has 0 aliphatic carbocycles. The summed E-state index contributed by atoms with van der Waals surface area (Å²) in [5.74, 6) is -0.702.